The average molecular weight is 678 g/mol. The van der Waals surface area contributed by atoms with Crippen LogP contribution in [-0.4, -0.2) is 96.4 Å². The summed E-state index contributed by atoms with van der Waals surface area (Å²) in [7, 11) is 0.136. The Kier molecular flexibility index (Phi) is 9.78. The molecule has 0 saturated carbocycles. The summed E-state index contributed by atoms with van der Waals surface area (Å²) in [6, 6.07) is 16.1. The predicted octanol–water partition coefficient (Wildman–Crippen LogP) is 5.52. The molecule has 14 heteroatoms. The van der Waals surface area contributed by atoms with Gasteiger partial charge >= 0.3 is 0 Å². The highest BCUT2D eigenvalue weighted by molar-refractivity contribution is 7.90. The first-order valence-corrected chi connectivity index (χ1v) is 17.2. The first-order valence-electron chi connectivity index (χ1n) is 15.2. The third-order valence-corrected chi connectivity index (χ3v) is 9.86. The summed E-state index contributed by atoms with van der Waals surface area (Å²) >= 11 is 6.56. The van der Waals surface area contributed by atoms with Gasteiger partial charge in [-0.1, -0.05) is 29.8 Å². The number of hydrogen-bond donors (Lipinski definition) is 1. The maximum absolute atomic E-state index is 12.8. The normalized spacial score (nSPS) is 14.3. The summed E-state index contributed by atoms with van der Waals surface area (Å²) in [6.07, 6.45) is 4.68. The molecule has 0 atom stereocenters. The van der Waals surface area contributed by atoms with Gasteiger partial charge in [-0.3, -0.25) is 4.90 Å². The fourth-order valence-corrected chi connectivity index (χ4v) is 6.50. The van der Waals surface area contributed by atoms with Gasteiger partial charge in [0.25, 0.3) is 0 Å². The Morgan fingerprint density at radius 1 is 1.00 bits per heavy atom. The number of piperazine rings is 1. The van der Waals surface area contributed by atoms with E-state index in [1.165, 1.54) is 10.2 Å². The van der Waals surface area contributed by atoms with E-state index in [1.807, 2.05) is 12.1 Å². The van der Waals surface area contributed by atoms with Gasteiger partial charge in [0.15, 0.2) is 0 Å². The second-order valence-electron chi connectivity index (χ2n) is 11.1. The molecule has 0 bridgehead atoms. The maximum Gasteiger partial charge on any atom is 0.238 e. The minimum absolute atomic E-state index is 0.0534. The summed E-state index contributed by atoms with van der Waals surface area (Å²) in [5.41, 5.74) is 2.10. The van der Waals surface area contributed by atoms with Crippen molar-refractivity contribution in [1.82, 2.24) is 28.7 Å². The number of methoxy groups -OCH3 is 1. The van der Waals surface area contributed by atoms with Gasteiger partial charge in [-0.2, -0.15) is 0 Å². The van der Waals surface area contributed by atoms with Gasteiger partial charge in [0.2, 0.25) is 21.9 Å². The summed E-state index contributed by atoms with van der Waals surface area (Å²) in [4.78, 5) is 18.1. The molecule has 6 rings (SSSR count). The first kappa shape index (κ1) is 32.5. The molecule has 4 heterocycles. The summed E-state index contributed by atoms with van der Waals surface area (Å²) < 4.78 is 44.6. The molecule has 246 valence electrons. The lowest BCUT2D eigenvalue weighted by Gasteiger charge is -2.32. The molecule has 0 spiro atoms. The average Bonchev–Trinajstić information content (AvgIpc) is 3.48. The molecule has 12 nitrogen and oxygen atoms in total. The number of nitrogens with zero attached hydrogens (tertiary/aromatic N) is 6. The number of pyridine rings is 1. The molecule has 1 aliphatic rings. The third-order valence-electron chi connectivity index (χ3n) is 7.96. The number of nitrogens with one attached hydrogen (secondary N) is 1. The van der Waals surface area contributed by atoms with Crippen LogP contribution in [0.1, 0.15) is 6.92 Å². The molecule has 1 aliphatic heterocycles. The number of para-hydroxylation sites is 1. The maximum atomic E-state index is 12.8. The molecule has 47 heavy (non-hydrogen) atoms. The lowest BCUT2D eigenvalue weighted by molar-refractivity contribution is 0.132. The molecular formula is C33H36ClN7O5S. The Labute approximate surface area is 278 Å². The topological polar surface area (TPSA) is 124 Å². The fourth-order valence-electron chi connectivity index (χ4n) is 5.30. The van der Waals surface area contributed by atoms with E-state index < -0.39 is 10.0 Å². The molecule has 0 amide bonds. The van der Waals surface area contributed by atoms with Crippen LogP contribution in [0.2, 0.25) is 5.02 Å². The van der Waals surface area contributed by atoms with E-state index in [-0.39, 0.29) is 16.7 Å². The highest BCUT2D eigenvalue weighted by atomic mass is 35.5. The Morgan fingerprint density at radius 2 is 1.79 bits per heavy atom. The quantitative estimate of drug-likeness (QED) is 0.180. The van der Waals surface area contributed by atoms with E-state index in [4.69, 9.17) is 25.8 Å². The van der Waals surface area contributed by atoms with Crippen LogP contribution in [0.5, 0.6) is 23.1 Å². The molecule has 1 N–H and O–H groups in total. The molecule has 0 aliphatic carbocycles. The monoisotopic (exact) mass is 677 g/mol. The van der Waals surface area contributed by atoms with Crippen LogP contribution in [0.25, 0.3) is 22.2 Å². The van der Waals surface area contributed by atoms with Crippen LogP contribution in [0.4, 0.5) is 11.6 Å². The van der Waals surface area contributed by atoms with Gasteiger partial charge in [-0.05, 0) is 38.2 Å². The van der Waals surface area contributed by atoms with E-state index in [0.29, 0.717) is 57.6 Å². The van der Waals surface area contributed by atoms with Gasteiger partial charge in [0, 0.05) is 68.2 Å². The lowest BCUT2D eigenvalue weighted by Crippen LogP contribution is -2.45. The highest BCUT2D eigenvalue weighted by Crippen LogP contribution is 2.37. The highest BCUT2D eigenvalue weighted by Gasteiger charge is 2.21. The number of anilines is 2. The Bertz CT molecular complexity index is 1980. The van der Waals surface area contributed by atoms with E-state index in [0.717, 1.165) is 32.7 Å². The SMILES string of the molecule is CCS(=O)(=O)n1cc(-c2nc(Nc3ccc(Oc4ccnc(OCCN5CCN(C)CC5)c4)cc3OC)ncc2Cl)c2ccccc21. The van der Waals surface area contributed by atoms with Crippen molar-refractivity contribution < 1.29 is 22.6 Å². The van der Waals surface area contributed by atoms with Crippen molar-refractivity contribution in [3.8, 4) is 34.4 Å². The van der Waals surface area contributed by atoms with Gasteiger partial charge < -0.3 is 24.4 Å². The van der Waals surface area contributed by atoms with Gasteiger partial charge in [-0.25, -0.2) is 27.3 Å². The smallest absolute Gasteiger partial charge is 0.238 e. The Hall–Kier alpha value is -4.43. The predicted molar refractivity (Wildman–Crippen MR) is 183 cm³/mol. The molecular weight excluding hydrogens is 642 g/mol. The van der Waals surface area contributed by atoms with Crippen LogP contribution in [0, 0.1) is 0 Å². The molecule has 0 unspecified atom stereocenters. The Balaban J connectivity index is 1.17. The van der Waals surface area contributed by atoms with Crippen LogP contribution in [0.15, 0.2) is 73.2 Å². The minimum Gasteiger partial charge on any atom is -0.494 e. The van der Waals surface area contributed by atoms with Crippen molar-refractivity contribution in [2.24, 2.45) is 0 Å². The number of ether oxygens (including phenoxy) is 3. The molecule has 1 fully saturated rings. The lowest BCUT2D eigenvalue weighted by atomic mass is 10.1. The van der Waals surface area contributed by atoms with Crippen molar-refractivity contribution in [3.63, 3.8) is 0 Å². The van der Waals surface area contributed by atoms with E-state index in [2.05, 4.69) is 37.1 Å². The fraction of sp³-hybridized carbons (Fsp3) is 0.303. The number of fused-ring (bicyclic) bond motifs is 1. The molecule has 3 aromatic heterocycles. The van der Waals surface area contributed by atoms with Crippen molar-refractivity contribution >= 4 is 44.2 Å². The third kappa shape index (κ3) is 7.43. The standard InChI is InChI=1S/C33H36ClN7O5S/c1-4-47(42,43)41-22-26(25-7-5-6-8-29(25)41)32-27(34)21-36-33(38-32)37-28-10-9-23(19-30(28)44-3)46-24-11-12-35-31(20-24)45-18-17-40-15-13-39(2)14-16-40/h5-12,19-22H,4,13-18H2,1-3H3,(H,36,37,38). The summed E-state index contributed by atoms with van der Waals surface area (Å²) in [6.45, 7) is 7.18. The van der Waals surface area contributed by atoms with Crippen LogP contribution >= 0.6 is 11.6 Å². The first-order chi connectivity index (χ1) is 22.7. The summed E-state index contributed by atoms with van der Waals surface area (Å²) in [5.74, 6) is 2.30. The number of hydrogen-bond acceptors (Lipinski definition) is 11. The van der Waals surface area contributed by atoms with Crippen LogP contribution in [-0.2, 0) is 10.0 Å². The minimum atomic E-state index is -3.56. The van der Waals surface area contributed by atoms with Crippen LogP contribution < -0.4 is 19.5 Å². The van der Waals surface area contributed by atoms with Crippen molar-refractivity contribution in [2.75, 3.05) is 64.6 Å². The molecule has 5 aromatic rings. The molecule has 0 radical (unpaired) electrons. The van der Waals surface area contributed by atoms with E-state index >= 15 is 0 Å². The molecule has 2 aromatic carbocycles. The van der Waals surface area contributed by atoms with Gasteiger partial charge in [-0.15, -0.1) is 0 Å². The van der Waals surface area contributed by atoms with Crippen molar-refractivity contribution in [2.45, 2.75) is 6.92 Å². The van der Waals surface area contributed by atoms with Crippen LogP contribution in [0.3, 0.4) is 0 Å². The number of likely N-dealkylation sites (N-methyl/N-ethyl adjacent to an activating group) is 1. The summed E-state index contributed by atoms with van der Waals surface area (Å²) in [5, 5.41) is 4.17. The number of rotatable bonds is 12. The largest absolute Gasteiger partial charge is 0.494 e. The number of aromatic nitrogens is 4. The van der Waals surface area contributed by atoms with E-state index in [9.17, 15) is 8.42 Å². The van der Waals surface area contributed by atoms with Crippen molar-refractivity contribution in [1.29, 1.82) is 0 Å². The number of halogens is 1. The zero-order valence-corrected chi connectivity index (χ0v) is 28.0. The zero-order valence-electron chi connectivity index (χ0n) is 26.4. The number of benzene rings is 2. The second kappa shape index (κ2) is 14.1. The van der Waals surface area contributed by atoms with Gasteiger partial charge in [0.05, 0.1) is 41.0 Å². The second-order valence-corrected chi connectivity index (χ2v) is 13.6. The van der Waals surface area contributed by atoms with Crippen molar-refractivity contribution in [3.05, 3.63) is 78.2 Å². The van der Waals surface area contributed by atoms with Gasteiger partial charge in [0.1, 0.15) is 23.9 Å². The molecule has 1 saturated heterocycles. The zero-order chi connectivity index (χ0) is 33.0. The Morgan fingerprint density at radius 3 is 2.57 bits per heavy atom. The van der Waals surface area contributed by atoms with E-state index in [1.54, 1.807) is 68.9 Å².